The van der Waals surface area contributed by atoms with Crippen LogP contribution in [0.3, 0.4) is 0 Å². The summed E-state index contributed by atoms with van der Waals surface area (Å²) in [5, 5.41) is 3.92. The van der Waals surface area contributed by atoms with E-state index in [9.17, 15) is 13.2 Å². The molecule has 2 aromatic carbocycles. The van der Waals surface area contributed by atoms with Gasteiger partial charge in [0.05, 0.1) is 24.2 Å². The monoisotopic (exact) mass is 494 g/mol. The van der Waals surface area contributed by atoms with E-state index in [-0.39, 0.29) is 17.1 Å². The lowest BCUT2D eigenvalue weighted by Gasteiger charge is -2.10. The highest BCUT2D eigenvalue weighted by Gasteiger charge is 2.17. The minimum Gasteiger partial charge on any atom is -0.497 e. The summed E-state index contributed by atoms with van der Waals surface area (Å²) < 4.78 is 43.5. The molecule has 180 valence electrons. The number of nitrogens with zero attached hydrogens (tertiary/aromatic N) is 3. The fraction of sp³-hybridized carbons (Fsp3) is 0.167. The Morgan fingerprint density at radius 1 is 1.09 bits per heavy atom. The largest absolute Gasteiger partial charge is 0.497 e. The van der Waals surface area contributed by atoms with Gasteiger partial charge in [0.1, 0.15) is 5.75 Å². The van der Waals surface area contributed by atoms with Crippen molar-refractivity contribution in [3.8, 4) is 17.1 Å². The van der Waals surface area contributed by atoms with E-state index in [1.807, 2.05) is 6.07 Å². The van der Waals surface area contributed by atoms with Crippen molar-refractivity contribution in [2.45, 2.75) is 17.7 Å². The second kappa shape index (κ2) is 10.8. The van der Waals surface area contributed by atoms with Crippen LogP contribution in [0.5, 0.6) is 5.75 Å². The van der Waals surface area contributed by atoms with Crippen LogP contribution in [-0.2, 0) is 21.2 Å². The number of rotatable bonds is 10. The lowest BCUT2D eigenvalue weighted by Crippen LogP contribution is -2.14. The van der Waals surface area contributed by atoms with Crippen LogP contribution in [0.4, 0.5) is 5.69 Å². The Morgan fingerprint density at radius 3 is 2.66 bits per heavy atom. The number of sulfonamides is 1. The van der Waals surface area contributed by atoms with E-state index < -0.39 is 16.0 Å². The maximum absolute atomic E-state index is 12.7. The van der Waals surface area contributed by atoms with Crippen LogP contribution in [0.1, 0.15) is 22.7 Å². The van der Waals surface area contributed by atoms with Crippen molar-refractivity contribution in [1.82, 2.24) is 15.1 Å². The van der Waals surface area contributed by atoms with Crippen molar-refractivity contribution in [1.29, 1.82) is 0 Å². The summed E-state index contributed by atoms with van der Waals surface area (Å²) in [5.41, 5.74) is 1.23. The molecule has 0 saturated carbocycles. The van der Waals surface area contributed by atoms with Crippen molar-refractivity contribution in [3.63, 3.8) is 0 Å². The molecule has 0 bridgehead atoms. The Bertz CT molecular complexity index is 1390. The molecule has 0 aliphatic carbocycles. The van der Waals surface area contributed by atoms with Crippen LogP contribution in [0.2, 0.25) is 0 Å². The Morgan fingerprint density at radius 2 is 1.91 bits per heavy atom. The van der Waals surface area contributed by atoms with Gasteiger partial charge in [0.15, 0.2) is 0 Å². The number of pyridine rings is 1. The summed E-state index contributed by atoms with van der Waals surface area (Å²) in [4.78, 5) is 20.7. The van der Waals surface area contributed by atoms with E-state index in [0.29, 0.717) is 36.0 Å². The molecule has 35 heavy (non-hydrogen) atoms. The van der Waals surface area contributed by atoms with Crippen LogP contribution in [0.25, 0.3) is 11.4 Å². The molecule has 0 amide bonds. The molecular weight excluding hydrogens is 472 g/mol. The molecule has 4 aromatic rings. The molecule has 0 saturated heterocycles. The fourth-order valence-corrected chi connectivity index (χ4v) is 4.21. The summed E-state index contributed by atoms with van der Waals surface area (Å²) >= 11 is 0. The number of ether oxygens (including phenoxy) is 2. The van der Waals surface area contributed by atoms with Crippen molar-refractivity contribution in [2.75, 3.05) is 18.4 Å². The molecule has 0 fully saturated rings. The average Bonchev–Trinajstić information content (AvgIpc) is 3.36. The van der Waals surface area contributed by atoms with Gasteiger partial charge in [-0.25, -0.2) is 13.2 Å². The molecule has 0 atom stereocenters. The first-order chi connectivity index (χ1) is 16.9. The van der Waals surface area contributed by atoms with Gasteiger partial charge in [-0.2, -0.15) is 4.98 Å². The van der Waals surface area contributed by atoms with E-state index in [4.69, 9.17) is 14.0 Å². The van der Waals surface area contributed by atoms with Crippen LogP contribution in [0.15, 0.2) is 82.5 Å². The number of methoxy groups -OCH3 is 1. The van der Waals surface area contributed by atoms with Gasteiger partial charge in [-0.1, -0.05) is 11.2 Å². The number of hydrogen-bond donors (Lipinski definition) is 1. The zero-order valence-electron chi connectivity index (χ0n) is 18.7. The molecule has 10 nitrogen and oxygen atoms in total. The van der Waals surface area contributed by atoms with Gasteiger partial charge in [-0.15, -0.1) is 0 Å². The number of hydrogen-bond acceptors (Lipinski definition) is 9. The Kier molecular flexibility index (Phi) is 7.36. The molecule has 0 aliphatic rings. The number of esters is 1. The van der Waals surface area contributed by atoms with Gasteiger partial charge in [0, 0.05) is 30.1 Å². The normalized spacial score (nSPS) is 11.1. The second-order valence-corrected chi connectivity index (χ2v) is 9.04. The van der Waals surface area contributed by atoms with Crippen LogP contribution < -0.4 is 9.46 Å². The third-order valence-electron chi connectivity index (χ3n) is 4.88. The highest BCUT2D eigenvalue weighted by atomic mass is 32.2. The quantitative estimate of drug-likeness (QED) is 0.258. The predicted octanol–water partition coefficient (Wildman–Crippen LogP) is 3.73. The number of carbonyl (C=O) groups excluding carboxylic acids is 1. The van der Waals surface area contributed by atoms with Crippen LogP contribution in [0, 0.1) is 0 Å². The van der Waals surface area contributed by atoms with Crippen molar-refractivity contribution >= 4 is 21.7 Å². The number of aromatic nitrogens is 3. The lowest BCUT2D eigenvalue weighted by atomic mass is 10.2. The van der Waals surface area contributed by atoms with Crippen molar-refractivity contribution in [2.24, 2.45) is 0 Å². The third-order valence-corrected chi connectivity index (χ3v) is 6.26. The molecular formula is C24H22N4O6S. The van der Waals surface area contributed by atoms with Crippen LogP contribution >= 0.6 is 0 Å². The summed E-state index contributed by atoms with van der Waals surface area (Å²) in [6.07, 6.45) is 4.16. The van der Waals surface area contributed by atoms with E-state index in [1.54, 1.807) is 42.7 Å². The van der Waals surface area contributed by atoms with E-state index in [2.05, 4.69) is 19.8 Å². The maximum atomic E-state index is 12.7. The summed E-state index contributed by atoms with van der Waals surface area (Å²) in [6.45, 7) is 0.102. The molecule has 0 spiro atoms. The lowest BCUT2D eigenvalue weighted by molar-refractivity contribution is 0.0498. The molecule has 2 aromatic heterocycles. The number of benzene rings is 2. The first-order valence-electron chi connectivity index (χ1n) is 10.6. The topological polar surface area (TPSA) is 134 Å². The zero-order chi connectivity index (χ0) is 24.7. The first kappa shape index (κ1) is 23.9. The minimum absolute atomic E-state index is 0.0587. The van der Waals surface area contributed by atoms with Gasteiger partial charge < -0.3 is 14.0 Å². The van der Waals surface area contributed by atoms with E-state index in [1.165, 1.54) is 31.4 Å². The number of nitrogens with one attached hydrogen (secondary N) is 1. The maximum Gasteiger partial charge on any atom is 0.338 e. The SMILES string of the molecule is COc1ccc(NS(=O)(=O)c2cccc(C(=O)OCCCc3nc(-c4cccnc4)no3)c2)cc1. The molecule has 0 aliphatic heterocycles. The summed E-state index contributed by atoms with van der Waals surface area (Å²) in [7, 11) is -2.38. The zero-order valence-corrected chi connectivity index (χ0v) is 19.6. The highest BCUT2D eigenvalue weighted by Crippen LogP contribution is 2.20. The summed E-state index contributed by atoms with van der Waals surface area (Å²) in [6, 6.07) is 15.7. The minimum atomic E-state index is -3.90. The standard InChI is InChI=1S/C24H22N4O6S/c1-32-20-11-9-19(10-12-20)28-35(30,31)21-7-2-5-17(15-21)24(29)33-14-4-8-22-26-23(27-34-22)18-6-3-13-25-16-18/h2-3,5-7,9-13,15-16,28H,4,8,14H2,1H3. The molecule has 2 heterocycles. The predicted molar refractivity (Wildman–Crippen MR) is 126 cm³/mol. The smallest absolute Gasteiger partial charge is 0.338 e. The Hall–Kier alpha value is -4.25. The van der Waals surface area contributed by atoms with Gasteiger partial charge in [-0.05, 0) is 61.0 Å². The molecule has 0 radical (unpaired) electrons. The van der Waals surface area contributed by atoms with Crippen molar-refractivity contribution < 1.29 is 27.2 Å². The Balaban J connectivity index is 1.31. The highest BCUT2D eigenvalue weighted by molar-refractivity contribution is 7.92. The Labute approximate surface area is 202 Å². The number of anilines is 1. The molecule has 0 unspecified atom stereocenters. The van der Waals surface area contributed by atoms with Gasteiger partial charge >= 0.3 is 5.97 Å². The third kappa shape index (κ3) is 6.21. The van der Waals surface area contributed by atoms with E-state index >= 15 is 0 Å². The summed E-state index contributed by atoms with van der Waals surface area (Å²) in [5.74, 6) is 0.822. The van der Waals surface area contributed by atoms with Gasteiger partial charge in [0.25, 0.3) is 10.0 Å². The molecule has 11 heteroatoms. The first-order valence-corrected chi connectivity index (χ1v) is 12.1. The number of aryl methyl sites for hydroxylation is 1. The second-order valence-electron chi connectivity index (χ2n) is 7.35. The van der Waals surface area contributed by atoms with Gasteiger partial charge in [0.2, 0.25) is 11.7 Å². The molecule has 4 rings (SSSR count). The van der Waals surface area contributed by atoms with Crippen molar-refractivity contribution in [3.05, 3.63) is 84.5 Å². The van der Waals surface area contributed by atoms with Gasteiger partial charge in [-0.3, -0.25) is 9.71 Å². The number of carbonyl (C=O) groups is 1. The van der Waals surface area contributed by atoms with E-state index in [0.717, 1.165) is 5.56 Å². The van der Waals surface area contributed by atoms with Crippen LogP contribution in [-0.4, -0.2) is 43.2 Å². The fourth-order valence-electron chi connectivity index (χ4n) is 3.10. The average molecular weight is 495 g/mol. The molecule has 1 N–H and O–H groups in total.